The van der Waals surface area contributed by atoms with Crippen molar-refractivity contribution in [2.24, 2.45) is 0 Å². The number of hydrogen-bond acceptors (Lipinski definition) is 3. The van der Waals surface area contributed by atoms with Gasteiger partial charge in [0.15, 0.2) is 0 Å². The van der Waals surface area contributed by atoms with Crippen LogP contribution in [0.3, 0.4) is 0 Å². The summed E-state index contributed by atoms with van der Waals surface area (Å²) in [5, 5.41) is 12.8. The van der Waals surface area contributed by atoms with Gasteiger partial charge in [-0.25, -0.2) is 0 Å². The van der Waals surface area contributed by atoms with E-state index in [1.165, 1.54) is 20.9 Å². The van der Waals surface area contributed by atoms with Crippen LogP contribution in [0.5, 0.6) is 5.88 Å². The third kappa shape index (κ3) is 2.91. The van der Waals surface area contributed by atoms with Crippen LogP contribution in [-0.2, 0) is 13.0 Å². The van der Waals surface area contributed by atoms with Crippen LogP contribution in [0.15, 0.2) is 30.5 Å². The first-order valence-corrected chi connectivity index (χ1v) is 6.42. The van der Waals surface area contributed by atoms with Gasteiger partial charge in [-0.1, -0.05) is 24.2 Å². The Morgan fingerprint density at radius 1 is 1.41 bits per heavy atom. The van der Waals surface area contributed by atoms with Crippen LogP contribution in [0.4, 0.5) is 0 Å². The largest absolute Gasteiger partial charge is 0.472 e. The molecule has 0 saturated carbocycles. The molecule has 0 aliphatic carbocycles. The lowest BCUT2D eigenvalue weighted by Gasteiger charge is -2.10. The molecular formula is C12H13IN2O2. The number of rotatable bonds is 4. The van der Waals surface area contributed by atoms with Crippen molar-refractivity contribution in [2.45, 2.75) is 20.0 Å². The van der Waals surface area contributed by atoms with Crippen LogP contribution in [0.2, 0.25) is 0 Å². The predicted octanol–water partition coefficient (Wildman–Crippen LogP) is 2.87. The fourth-order valence-corrected chi connectivity index (χ4v) is 2.33. The molecule has 0 spiro atoms. The van der Waals surface area contributed by atoms with Gasteiger partial charge in [0, 0.05) is 15.2 Å². The highest BCUT2D eigenvalue weighted by atomic mass is 127. The zero-order valence-corrected chi connectivity index (χ0v) is 11.6. The summed E-state index contributed by atoms with van der Waals surface area (Å²) in [6.07, 6.45) is 2.41. The molecule has 90 valence electrons. The number of hydrogen-bond donors (Lipinski definition) is 1. The average molecular weight is 344 g/mol. The van der Waals surface area contributed by atoms with E-state index < -0.39 is 0 Å². The summed E-state index contributed by atoms with van der Waals surface area (Å²) in [5.74, 6) is 0.425. The van der Waals surface area contributed by atoms with Gasteiger partial charge in [-0.2, -0.15) is 0 Å². The molecule has 0 radical (unpaired) electrons. The minimum atomic E-state index is 0.425. The zero-order chi connectivity index (χ0) is 12.3. The van der Waals surface area contributed by atoms with Crippen molar-refractivity contribution < 1.29 is 9.94 Å². The molecule has 1 aromatic carbocycles. The summed E-state index contributed by atoms with van der Waals surface area (Å²) < 4.78 is 6.72. The summed E-state index contributed by atoms with van der Waals surface area (Å²) in [6, 6.07) is 7.84. The molecule has 0 saturated heterocycles. The van der Waals surface area contributed by atoms with E-state index in [0.717, 1.165) is 11.3 Å². The lowest BCUT2D eigenvalue weighted by atomic mass is 10.1. The summed E-state index contributed by atoms with van der Waals surface area (Å²) in [6.45, 7) is 2.59. The second kappa shape index (κ2) is 5.39. The molecular weight excluding hydrogens is 331 g/mol. The van der Waals surface area contributed by atoms with Crippen LogP contribution in [0.25, 0.3) is 0 Å². The standard InChI is InChI=1S/C12H13IN2O2/c1-2-9-4-3-5-11(13)10(9)8-17-12-6-7-15(16)14-12/h3-7,16H,2,8H2,1H3. The molecule has 0 atom stereocenters. The van der Waals surface area contributed by atoms with Gasteiger partial charge < -0.3 is 9.94 Å². The predicted molar refractivity (Wildman–Crippen MR) is 72.3 cm³/mol. The van der Waals surface area contributed by atoms with E-state index in [2.05, 4.69) is 46.7 Å². The lowest BCUT2D eigenvalue weighted by molar-refractivity contribution is 0.141. The SMILES string of the molecule is CCc1cccc(I)c1COc1ccn(O)n1. The number of nitrogens with zero attached hydrogens (tertiary/aromatic N) is 2. The van der Waals surface area contributed by atoms with Crippen molar-refractivity contribution in [1.82, 2.24) is 9.94 Å². The maximum Gasteiger partial charge on any atom is 0.236 e. The maximum atomic E-state index is 9.03. The van der Waals surface area contributed by atoms with E-state index in [4.69, 9.17) is 9.94 Å². The van der Waals surface area contributed by atoms with E-state index in [1.807, 2.05) is 6.07 Å². The van der Waals surface area contributed by atoms with E-state index in [9.17, 15) is 0 Å². The van der Waals surface area contributed by atoms with E-state index >= 15 is 0 Å². The normalized spacial score (nSPS) is 10.5. The fourth-order valence-electron chi connectivity index (χ4n) is 1.62. The van der Waals surface area contributed by atoms with Crippen LogP contribution in [0, 0.1) is 3.57 Å². The van der Waals surface area contributed by atoms with E-state index in [1.54, 1.807) is 6.07 Å². The second-order valence-electron chi connectivity index (χ2n) is 3.59. The van der Waals surface area contributed by atoms with Gasteiger partial charge in [0.2, 0.25) is 5.88 Å². The van der Waals surface area contributed by atoms with E-state index in [-0.39, 0.29) is 0 Å². The van der Waals surface area contributed by atoms with Gasteiger partial charge in [0.1, 0.15) is 6.61 Å². The molecule has 5 heteroatoms. The monoisotopic (exact) mass is 344 g/mol. The smallest absolute Gasteiger partial charge is 0.236 e. The Morgan fingerprint density at radius 2 is 2.24 bits per heavy atom. The van der Waals surface area contributed by atoms with Gasteiger partial charge in [0.25, 0.3) is 0 Å². The molecule has 1 aromatic heterocycles. The minimum absolute atomic E-state index is 0.425. The van der Waals surface area contributed by atoms with Crippen LogP contribution < -0.4 is 4.74 Å². The molecule has 4 nitrogen and oxygen atoms in total. The van der Waals surface area contributed by atoms with Crippen molar-refractivity contribution in [1.29, 1.82) is 0 Å². The first kappa shape index (κ1) is 12.2. The number of aromatic nitrogens is 2. The Morgan fingerprint density at radius 3 is 2.88 bits per heavy atom. The summed E-state index contributed by atoms with van der Waals surface area (Å²) in [4.78, 5) is 0.742. The van der Waals surface area contributed by atoms with Crippen molar-refractivity contribution >= 4 is 22.6 Å². The van der Waals surface area contributed by atoms with Crippen molar-refractivity contribution in [2.75, 3.05) is 0 Å². The van der Waals surface area contributed by atoms with Crippen molar-refractivity contribution in [3.05, 3.63) is 45.2 Å². The lowest BCUT2D eigenvalue weighted by Crippen LogP contribution is -2.03. The average Bonchev–Trinajstić information content (AvgIpc) is 2.73. The molecule has 17 heavy (non-hydrogen) atoms. The number of halogens is 1. The van der Waals surface area contributed by atoms with Gasteiger partial charge in [0.05, 0.1) is 6.20 Å². The Balaban J connectivity index is 2.13. The number of benzene rings is 1. The molecule has 1 heterocycles. The molecule has 0 bridgehead atoms. The minimum Gasteiger partial charge on any atom is -0.472 e. The zero-order valence-electron chi connectivity index (χ0n) is 9.43. The third-order valence-corrected chi connectivity index (χ3v) is 3.52. The molecule has 2 rings (SSSR count). The highest BCUT2D eigenvalue weighted by molar-refractivity contribution is 14.1. The molecule has 0 aliphatic rings. The van der Waals surface area contributed by atoms with Crippen LogP contribution in [-0.4, -0.2) is 15.2 Å². The van der Waals surface area contributed by atoms with Crippen LogP contribution >= 0.6 is 22.6 Å². The summed E-state index contributed by atoms with van der Waals surface area (Å²) in [7, 11) is 0. The summed E-state index contributed by atoms with van der Waals surface area (Å²) in [5.41, 5.74) is 2.46. The molecule has 2 aromatic rings. The fraction of sp³-hybridized carbons (Fsp3) is 0.250. The second-order valence-corrected chi connectivity index (χ2v) is 4.76. The highest BCUT2D eigenvalue weighted by Crippen LogP contribution is 2.19. The Labute approximate surface area is 113 Å². The van der Waals surface area contributed by atoms with Crippen molar-refractivity contribution in [3.8, 4) is 5.88 Å². The summed E-state index contributed by atoms with van der Waals surface area (Å²) >= 11 is 2.30. The Hall–Kier alpha value is -1.24. The molecule has 0 aliphatic heterocycles. The third-order valence-electron chi connectivity index (χ3n) is 2.51. The first-order chi connectivity index (χ1) is 8.20. The number of ether oxygens (including phenoxy) is 1. The highest BCUT2D eigenvalue weighted by Gasteiger charge is 2.07. The molecule has 0 unspecified atom stereocenters. The topological polar surface area (TPSA) is 47.3 Å². The molecule has 0 amide bonds. The Bertz CT molecular complexity index is 511. The maximum absolute atomic E-state index is 9.03. The van der Waals surface area contributed by atoms with Crippen LogP contribution in [0.1, 0.15) is 18.1 Å². The first-order valence-electron chi connectivity index (χ1n) is 5.34. The van der Waals surface area contributed by atoms with Gasteiger partial charge in [-0.05, 0) is 40.6 Å². The quantitative estimate of drug-likeness (QED) is 0.685. The van der Waals surface area contributed by atoms with E-state index in [0.29, 0.717) is 12.5 Å². The van der Waals surface area contributed by atoms with Gasteiger partial charge in [-0.3, -0.25) is 0 Å². The Kier molecular flexibility index (Phi) is 3.88. The number of aryl methyl sites for hydroxylation is 1. The van der Waals surface area contributed by atoms with Crippen molar-refractivity contribution in [3.63, 3.8) is 0 Å². The van der Waals surface area contributed by atoms with Gasteiger partial charge >= 0.3 is 0 Å². The van der Waals surface area contributed by atoms with Gasteiger partial charge in [-0.15, -0.1) is 4.85 Å². The molecule has 0 fully saturated rings. The molecule has 1 N–H and O–H groups in total.